The minimum absolute atomic E-state index is 0.136. The van der Waals surface area contributed by atoms with Gasteiger partial charge in [0.15, 0.2) is 9.84 Å². The van der Waals surface area contributed by atoms with Gasteiger partial charge < -0.3 is 4.98 Å². The summed E-state index contributed by atoms with van der Waals surface area (Å²) in [5.74, 6) is -0.318. The third-order valence-electron chi connectivity index (χ3n) is 2.21. The molecular formula is C12H11N3O3S. The van der Waals surface area contributed by atoms with E-state index in [1.807, 2.05) is 0 Å². The zero-order valence-electron chi connectivity index (χ0n) is 9.78. The second-order valence-electron chi connectivity index (χ2n) is 3.59. The van der Waals surface area contributed by atoms with Crippen LogP contribution in [0.4, 0.5) is 5.95 Å². The summed E-state index contributed by atoms with van der Waals surface area (Å²) in [6, 6.07) is 7.87. The Hall–Kier alpha value is -2.41. The van der Waals surface area contributed by atoms with Crippen LogP contribution in [0.25, 0.3) is 0 Å². The lowest BCUT2D eigenvalue weighted by atomic mass is 10.4. The van der Waals surface area contributed by atoms with Crippen molar-refractivity contribution < 1.29 is 13.2 Å². The quantitative estimate of drug-likeness (QED) is 0.825. The normalized spacial score (nSPS) is 11.6. The lowest BCUT2D eigenvalue weighted by molar-refractivity contribution is -0.111. The first kappa shape index (κ1) is 13.0. The monoisotopic (exact) mass is 277 g/mol. The molecule has 19 heavy (non-hydrogen) atoms. The van der Waals surface area contributed by atoms with Gasteiger partial charge in [-0.3, -0.25) is 10.1 Å². The van der Waals surface area contributed by atoms with Gasteiger partial charge in [0.1, 0.15) is 0 Å². The number of hydrogen-bond acceptors (Lipinski definition) is 4. The molecular weight excluding hydrogens is 266 g/mol. The molecule has 1 amide bonds. The summed E-state index contributed by atoms with van der Waals surface area (Å²) in [4.78, 5) is 18.1. The van der Waals surface area contributed by atoms with Gasteiger partial charge in [0, 0.05) is 23.9 Å². The van der Waals surface area contributed by atoms with E-state index in [4.69, 9.17) is 0 Å². The SMILES string of the molecule is O=C(/C=C/S(=O)(=O)c1ccccc1)Nc1ncc[nH]1. The number of anilines is 1. The highest BCUT2D eigenvalue weighted by atomic mass is 32.2. The predicted molar refractivity (Wildman–Crippen MR) is 70.0 cm³/mol. The van der Waals surface area contributed by atoms with E-state index in [2.05, 4.69) is 15.3 Å². The van der Waals surface area contributed by atoms with E-state index in [0.717, 1.165) is 11.5 Å². The van der Waals surface area contributed by atoms with Crippen LogP contribution in [-0.2, 0) is 14.6 Å². The van der Waals surface area contributed by atoms with Gasteiger partial charge >= 0.3 is 0 Å². The van der Waals surface area contributed by atoms with Crippen molar-refractivity contribution in [2.75, 3.05) is 5.32 Å². The number of benzene rings is 1. The molecule has 0 unspecified atom stereocenters. The Kier molecular flexibility index (Phi) is 3.76. The number of aromatic amines is 1. The summed E-state index contributed by atoms with van der Waals surface area (Å²) in [6.45, 7) is 0. The van der Waals surface area contributed by atoms with Crippen LogP contribution in [0.5, 0.6) is 0 Å². The maximum Gasteiger partial charge on any atom is 0.251 e. The van der Waals surface area contributed by atoms with Crippen LogP contribution in [0.3, 0.4) is 0 Å². The number of carbonyl (C=O) groups is 1. The number of amides is 1. The Morgan fingerprint density at radius 2 is 2.00 bits per heavy atom. The average molecular weight is 277 g/mol. The summed E-state index contributed by atoms with van der Waals surface area (Å²) in [5.41, 5.74) is 0. The highest BCUT2D eigenvalue weighted by molar-refractivity contribution is 7.94. The van der Waals surface area contributed by atoms with Crippen LogP contribution in [0.2, 0.25) is 0 Å². The molecule has 0 bridgehead atoms. The number of nitrogens with zero attached hydrogens (tertiary/aromatic N) is 1. The first-order valence-electron chi connectivity index (χ1n) is 5.36. The van der Waals surface area contributed by atoms with Crippen molar-refractivity contribution in [3.8, 4) is 0 Å². The number of hydrogen-bond donors (Lipinski definition) is 2. The van der Waals surface area contributed by atoms with E-state index >= 15 is 0 Å². The largest absolute Gasteiger partial charge is 0.331 e. The van der Waals surface area contributed by atoms with Crippen molar-refractivity contribution >= 4 is 21.7 Å². The number of carbonyl (C=O) groups excluding carboxylic acids is 1. The number of H-pyrrole nitrogens is 1. The fourth-order valence-corrected chi connectivity index (χ4v) is 2.33. The van der Waals surface area contributed by atoms with Crippen molar-refractivity contribution in [3.05, 3.63) is 54.2 Å². The van der Waals surface area contributed by atoms with Crippen LogP contribution in [0.1, 0.15) is 0 Å². The Bertz CT molecular complexity index is 676. The van der Waals surface area contributed by atoms with Crippen LogP contribution >= 0.6 is 0 Å². The van der Waals surface area contributed by atoms with Gasteiger partial charge in [0.25, 0.3) is 5.91 Å². The number of rotatable bonds is 4. The van der Waals surface area contributed by atoms with Crippen LogP contribution in [-0.4, -0.2) is 24.3 Å². The maximum atomic E-state index is 11.8. The number of sulfone groups is 1. The Morgan fingerprint density at radius 1 is 1.26 bits per heavy atom. The highest BCUT2D eigenvalue weighted by Crippen LogP contribution is 2.11. The van der Waals surface area contributed by atoms with Gasteiger partial charge in [-0.15, -0.1) is 0 Å². The standard InChI is InChI=1S/C12H11N3O3S/c16-11(15-12-13-7-8-14-12)6-9-19(17,18)10-4-2-1-3-5-10/h1-9H,(H2,13,14,15,16)/b9-6+. The minimum Gasteiger partial charge on any atom is -0.331 e. The topological polar surface area (TPSA) is 91.9 Å². The molecule has 2 aromatic rings. The third kappa shape index (κ3) is 3.52. The number of aromatic nitrogens is 2. The molecule has 0 atom stereocenters. The molecule has 2 N–H and O–H groups in total. The van der Waals surface area contributed by atoms with E-state index in [0.29, 0.717) is 0 Å². The molecule has 7 heteroatoms. The van der Waals surface area contributed by atoms with Gasteiger partial charge in [-0.05, 0) is 12.1 Å². The highest BCUT2D eigenvalue weighted by Gasteiger charge is 2.10. The second-order valence-corrected chi connectivity index (χ2v) is 5.42. The Balaban J connectivity index is 2.08. The first-order valence-corrected chi connectivity index (χ1v) is 6.91. The first-order chi connectivity index (χ1) is 9.08. The smallest absolute Gasteiger partial charge is 0.251 e. The average Bonchev–Trinajstić information content (AvgIpc) is 2.90. The summed E-state index contributed by atoms with van der Waals surface area (Å²) < 4.78 is 23.7. The summed E-state index contributed by atoms with van der Waals surface area (Å²) >= 11 is 0. The van der Waals surface area contributed by atoms with Gasteiger partial charge in [-0.25, -0.2) is 13.4 Å². The van der Waals surface area contributed by atoms with Gasteiger partial charge in [-0.2, -0.15) is 0 Å². The van der Waals surface area contributed by atoms with E-state index < -0.39 is 15.7 Å². The third-order valence-corrected chi connectivity index (χ3v) is 3.63. The molecule has 0 aliphatic carbocycles. The predicted octanol–water partition coefficient (Wildman–Crippen LogP) is 1.34. The molecule has 2 rings (SSSR count). The van der Waals surface area contributed by atoms with Gasteiger partial charge in [0.05, 0.1) is 4.90 Å². The number of imidazole rings is 1. The fraction of sp³-hybridized carbons (Fsp3) is 0. The molecule has 1 heterocycles. The van der Waals surface area contributed by atoms with E-state index in [1.54, 1.807) is 24.4 Å². The summed E-state index contributed by atoms with van der Waals surface area (Å²) in [7, 11) is -3.61. The lowest BCUT2D eigenvalue weighted by Crippen LogP contribution is -2.10. The van der Waals surface area contributed by atoms with Gasteiger partial charge in [0.2, 0.25) is 5.95 Å². The minimum atomic E-state index is -3.61. The van der Waals surface area contributed by atoms with Crippen LogP contribution < -0.4 is 5.32 Å². The molecule has 1 aromatic carbocycles. The Morgan fingerprint density at radius 3 is 2.63 bits per heavy atom. The van der Waals surface area contributed by atoms with Crippen LogP contribution in [0, 0.1) is 0 Å². The maximum absolute atomic E-state index is 11.8. The fourth-order valence-electron chi connectivity index (χ4n) is 1.33. The van der Waals surface area contributed by atoms with Crippen molar-refractivity contribution in [2.24, 2.45) is 0 Å². The molecule has 0 aliphatic heterocycles. The second kappa shape index (κ2) is 5.49. The molecule has 0 saturated heterocycles. The van der Waals surface area contributed by atoms with Crippen LogP contribution in [0.15, 0.2) is 59.1 Å². The lowest BCUT2D eigenvalue weighted by Gasteiger charge is -1.98. The van der Waals surface area contributed by atoms with E-state index in [9.17, 15) is 13.2 Å². The molecule has 0 saturated carbocycles. The van der Waals surface area contributed by atoms with E-state index in [-0.39, 0.29) is 10.8 Å². The number of nitrogens with one attached hydrogen (secondary N) is 2. The Labute approximate surface area is 110 Å². The molecule has 98 valence electrons. The molecule has 1 aromatic heterocycles. The van der Waals surface area contributed by atoms with Crippen molar-refractivity contribution in [1.82, 2.24) is 9.97 Å². The molecule has 0 spiro atoms. The summed E-state index contributed by atoms with van der Waals surface area (Å²) in [6.07, 6.45) is 3.96. The molecule has 0 aliphatic rings. The van der Waals surface area contributed by atoms with Crippen molar-refractivity contribution in [3.63, 3.8) is 0 Å². The van der Waals surface area contributed by atoms with Crippen molar-refractivity contribution in [1.29, 1.82) is 0 Å². The molecule has 0 fully saturated rings. The van der Waals surface area contributed by atoms with E-state index in [1.165, 1.54) is 18.3 Å². The zero-order valence-corrected chi connectivity index (χ0v) is 10.6. The zero-order chi connectivity index (χ0) is 13.7. The molecule has 6 nitrogen and oxygen atoms in total. The van der Waals surface area contributed by atoms with Crippen molar-refractivity contribution in [2.45, 2.75) is 4.90 Å². The molecule has 0 radical (unpaired) electrons. The summed E-state index contributed by atoms with van der Waals surface area (Å²) in [5, 5.41) is 3.25. The van der Waals surface area contributed by atoms with Gasteiger partial charge in [-0.1, -0.05) is 18.2 Å².